The van der Waals surface area contributed by atoms with Gasteiger partial charge in [-0.15, -0.1) is 0 Å². The Morgan fingerprint density at radius 1 is 1.25 bits per heavy atom. The summed E-state index contributed by atoms with van der Waals surface area (Å²) in [5.74, 6) is -2.34. The second kappa shape index (κ2) is 4.80. The lowest BCUT2D eigenvalue weighted by molar-refractivity contribution is 0.0687. The fourth-order valence-electron chi connectivity index (χ4n) is 1.61. The Morgan fingerprint density at radius 3 is 2.31 bits per heavy atom. The molecule has 0 aliphatic rings. The first-order valence-corrected chi connectivity index (χ1v) is 4.78. The number of hydrogen-bond donors (Lipinski definition) is 4. The third kappa shape index (κ3) is 2.22. The first-order valence-electron chi connectivity index (χ1n) is 4.78. The van der Waals surface area contributed by atoms with Gasteiger partial charge in [-0.25, -0.2) is 9.59 Å². The second-order valence-electron chi connectivity index (χ2n) is 3.42. The fourth-order valence-corrected chi connectivity index (χ4v) is 1.61. The van der Waals surface area contributed by atoms with E-state index in [1.54, 1.807) is 0 Å². The molecule has 6 nitrogen and oxygen atoms in total. The zero-order valence-electron chi connectivity index (χ0n) is 8.78. The Kier molecular flexibility index (Phi) is 3.68. The maximum Gasteiger partial charge on any atom is 0.352 e. The van der Waals surface area contributed by atoms with Crippen LogP contribution in [0.15, 0.2) is 0 Å². The summed E-state index contributed by atoms with van der Waals surface area (Å²) in [5, 5.41) is 26.5. The number of nitrogens with one attached hydrogen (secondary N) is 1. The monoisotopic (exact) mass is 227 g/mol. The van der Waals surface area contributed by atoms with Gasteiger partial charge in [0.25, 0.3) is 0 Å². The average molecular weight is 227 g/mol. The van der Waals surface area contributed by atoms with Crippen LogP contribution in [0.4, 0.5) is 0 Å². The summed E-state index contributed by atoms with van der Waals surface area (Å²) in [5.41, 5.74) is 0.445. The normalized spacial score (nSPS) is 10.4. The lowest BCUT2D eigenvalue weighted by atomic mass is 10.1. The van der Waals surface area contributed by atoms with E-state index in [9.17, 15) is 9.59 Å². The highest BCUT2D eigenvalue weighted by atomic mass is 16.4. The molecule has 0 fully saturated rings. The number of aromatic amines is 1. The van der Waals surface area contributed by atoms with Crippen LogP contribution in [0.2, 0.25) is 0 Å². The van der Waals surface area contributed by atoms with Crippen LogP contribution in [0.25, 0.3) is 0 Å². The largest absolute Gasteiger partial charge is 0.478 e. The van der Waals surface area contributed by atoms with E-state index in [2.05, 4.69) is 4.98 Å². The van der Waals surface area contributed by atoms with Crippen molar-refractivity contribution in [3.8, 4) is 0 Å². The molecule has 16 heavy (non-hydrogen) atoms. The molecule has 0 aliphatic heterocycles. The van der Waals surface area contributed by atoms with Crippen LogP contribution in [-0.2, 0) is 6.42 Å². The van der Waals surface area contributed by atoms with Gasteiger partial charge in [0.2, 0.25) is 0 Å². The first-order chi connectivity index (χ1) is 7.49. The minimum Gasteiger partial charge on any atom is -0.478 e. The smallest absolute Gasteiger partial charge is 0.352 e. The van der Waals surface area contributed by atoms with Gasteiger partial charge in [0.05, 0.1) is 5.56 Å². The van der Waals surface area contributed by atoms with Crippen LogP contribution in [0, 0.1) is 6.92 Å². The van der Waals surface area contributed by atoms with Crippen LogP contribution in [0.5, 0.6) is 0 Å². The minimum absolute atomic E-state index is 0.00847. The van der Waals surface area contributed by atoms with E-state index in [4.69, 9.17) is 15.3 Å². The van der Waals surface area contributed by atoms with E-state index < -0.39 is 11.9 Å². The molecule has 0 saturated heterocycles. The van der Waals surface area contributed by atoms with E-state index in [-0.39, 0.29) is 23.4 Å². The summed E-state index contributed by atoms with van der Waals surface area (Å²) >= 11 is 0. The molecule has 1 aromatic heterocycles. The van der Waals surface area contributed by atoms with Gasteiger partial charge in [0.1, 0.15) is 5.69 Å². The van der Waals surface area contributed by atoms with Crippen LogP contribution in [-0.4, -0.2) is 38.8 Å². The molecule has 0 radical (unpaired) electrons. The minimum atomic E-state index is -1.18. The molecule has 0 aromatic carbocycles. The number of aromatic carboxylic acids is 2. The van der Waals surface area contributed by atoms with Gasteiger partial charge in [-0.2, -0.15) is 0 Å². The van der Waals surface area contributed by atoms with Gasteiger partial charge in [-0.1, -0.05) is 0 Å². The Morgan fingerprint density at radius 2 is 1.88 bits per heavy atom. The molecular weight excluding hydrogens is 214 g/mol. The van der Waals surface area contributed by atoms with E-state index in [1.165, 1.54) is 6.92 Å². The number of carboxylic acids is 2. The molecule has 1 aromatic rings. The number of aryl methyl sites for hydroxylation is 1. The molecule has 0 atom stereocenters. The van der Waals surface area contributed by atoms with Gasteiger partial charge >= 0.3 is 11.9 Å². The van der Waals surface area contributed by atoms with Crippen LogP contribution in [0.1, 0.15) is 38.5 Å². The third-order valence-electron chi connectivity index (χ3n) is 2.34. The Hall–Kier alpha value is -1.82. The third-order valence-corrected chi connectivity index (χ3v) is 2.34. The maximum absolute atomic E-state index is 11.0. The van der Waals surface area contributed by atoms with Gasteiger partial charge < -0.3 is 20.3 Å². The zero-order valence-corrected chi connectivity index (χ0v) is 8.78. The van der Waals surface area contributed by atoms with E-state index >= 15 is 0 Å². The van der Waals surface area contributed by atoms with Crippen molar-refractivity contribution in [2.75, 3.05) is 6.61 Å². The van der Waals surface area contributed by atoms with Crippen molar-refractivity contribution in [3.05, 3.63) is 22.5 Å². The zero-order chi connectivity index (χ0) is 12.3. The highest BCUT2D eigenvalue weighted by molar-refractivity contribution is 5.97. The van der Waals surface area contributed by atoms with Gasteiger partial charge in [-0.3, -0.25) is 0 Å². The SMILES string of the molecule is Cc1c(C(=O)O)[nH]c(CCCO)c1C(=O)O. The molecule has 1 rings (SSSR count). The molecule has 1 heterocycles. The molecule has 0 saturated carbocycles. The first kappa shape index (κ1) is 12.3. The molecule has 0 bridgehead atoms. The molecule has 88 valence electrons. The molecular formula is C10H13NO5. The summed E-state index contributed by atoms with van der Waals surface area (Å²) in [6.07, 6.45) is 0.700. The van der Waals surface area contributed by atoms with Crippen molar-refractivity contribution in [1.29, 1.82) is 0 Å². The summed E-state index contributed by atoms with van der Waals surface area (Å²) in [6, 6.07) is 0. The lowest BCUT2D eigenvalue weighted by Gasteiger charge is -1.98. The Bertz CT molecular complexity index is 421. The molecule has 6 heteroatoms. The van der Waals surface area contributed by atoms with Crippen molar-refractivity contribution in [2.24, 2.45) is 0 Å². The van der Waals surface area contributed by atoms with Gasteiger partial charge in [-0.05, 0) is 25.3 Å². The predicted octanol–water partition coefficient (Wildman–Crippen LogP) is 0.644. The average Bonchev–Trinajstić information content (AvgIpc) is 2.52. The second-order valence-corrected chi connectivity index (χ2v) is 3.42. The summed E-state index contributed by atoms with van der Waals surface area (Å²) in [6.45, 7) is 1.38. The van der Waals surface area contributed by atoms with Crippen molar-refractivity contribution in [1.82, 2.24) is 4.98 Å². The Labute approximate surface area is 91.5 Å². The lowest BCUT2D eigenvalue weighted by Crippen LogP contribution is -2.03. The summed E-state index contributed by atoms with van der Waals surface area (Å²) in [4.78, 5) is 24.4. The topological polar surface area (TPSA) is 111 Å². The highest BCUT2D eigenvalue weighted by Crippen LogP contribution is 2.19. The van der Waals surface area contributed by atoms with E-state index in [1.807, 2.05) is 0 Å². The number of aliphatic hydroxyl groups excluding tert-OH is 1. The molecule has 0 unspecified atom stereocenters. The molecule has 0 aliphatic carbocycles. The van der Waals surface area contributed by atoms with E-state index in [0.29, 0.717) is 18.5 Å². The van der Waals surface area contributed by atoms with Crippen molar-refractivity contribution >= 4 is 11.9 Å². The number of aromatic nitrogens is 1. The number of rotatable bonds is 5. The Balaban J connectivity index is 3.20. The number of carbonyl (C=O) groups is 2. The molecule has 4 N–H and O–H groups in total. The van der Waals surface area contributed by atoms with Crippen molar-refractivity contribution < 1.29 is 24.9 Å². The van der Waals surface area contributed by atoms with Crippen LogP contribution < -0.4 is 0 Å². The van der Waals surface area contributed by atoms with Crippen molar-refractivity contribution in [2.45, 2.75) is 19.8 Å². The number of hydrogen-bond acceptors (Lipinski definition) is 3. The van der Waals surface area contributed by atoms with Crippen LogP contribution >= 0.6 is 0 Å². The summed E-state index contributed by atoms with van der Waals surface area (Å²) in [7, 11) is 0. The predicted molar refractivity (Wildman–Crippen MR) is 54.9 cm³/mol. The molecule has 0 spiro atoms. The fraction of sp³-hybridized carbons (Fsp3) is 0.400. The molecule has 0 amide bonds. The number of H-pyrrole nitrogens is 1. The number of aliphatic hydroxyl groups is 1. The number of carboxylic acid groups (broad SMARTS) is 2. The van der Waals surface area contributed by atoms with Crippen LogP contribution in [0.3, 0.4) is 0 Å². The summed E-state index contributed by atoms with van der Waals surface area (Å²) < 4.78 is 0. The van der Waals surface area contributed by atoms with E-state index in [0.717, 1.165) is 0 Å². The standard InChI is InChI=1S/C10H13NO5/c1-5-7(9(13)14)6(3-2-4-12)11-8(5)10(15)16/h11-12H,2-4H2,1H3,(H,13,14)(H,15,16). The maximum atomic E-state index is 11.0. The van der Waals surface area contributed by atoms with Crippen molar-refractivity contribution in [3.63, 3.8) is 0 Å². The highest BCUT2D eigenvalue weighted by Gasteiger charge is 2.22. The van der Waals surface area contributed by atoms with Gasteiger partial charge in [0.15, 0.2) is 0 Å². The van der Waals surface area contributed by atoms with Gasteiger partial charge in [0, 0.05) is 12.3 Å². The quantitative estimate of drug-likeness (QED) is 0.590.